The molecule has 0 spiro atoms. The lowest BCUT2D eigenvalue weighted by atomic mass is 10.1. The van der Waals surface area contributed by atoms with Crippen molar-refractivity contribution in [1.29, 1.82) is 5.26 Å². The van der Waals surface area contributed by atoms with Crippen LogP contribution in [0.25, 0.3) is 0 Å². The first kappa shape index (κ1) is 16.3. The summed E-state index contributed by atoms with van der Waals surface area (Å²) in [5, 5.41) is 9.17. The predicted molar refractivity (Wildman–Crippen MR) is 92.1 cm³/mol. The maximum Gasteiger partial charge on any atom is 0.293 e. The highest BCUT2D eigenvalue weighted by Crippen LogP contribution is 2.11. The Bertz CT molecular complexity index is 786. The van der Waals surface area contributed by atoms with Crippen LogP contribution < -0.4 is 10.3 Å². The molecule has 1 aromatic carbocycles. The third-order valence-corrected chi connectivity index (χ3v) is 4.33. The van der Waals surface area contributed by atoms with E-state index in [9.17, 15) is 10.1 Å². The standard InChI is InChI=1S/C19H21N3O2/c20-14-16-6-1-2-7-17(16)15-22-11-5-8-18(19(22)23)24-13-12-21-9-3-4-10-21/h1-2,5-8,11H,3-4,9-10,12-13,15H2. The van der Waals surface area contributed by atoms with Crippen LogP contribution in [-0.2, 0) is 6.54 Å². The molecule has 24 heavy (non-hydrogen) atoms. The smallest absolute Gasteiger partial charge is 0.293 e. The molecule has 5 nitrogen and oxygen atoms in total. The third kappa shape index (κ3) is 3.84. The fourth-order valence-electron chi connectivity index (χ4n) is 2.99. The van der Waals surface area contributed by atoms with Crippen LogP contribution in [0.3, 0.4) is 0 Å². The van der Waals surface area contributed by atoms with E-state index in [0.29, 0.717) is 24.5 Å². The molecule has 0 unspecified atom stereocenters. The van der Waals surface area contributed by atoms with Crippen LogP contribution in [-0.4, -0.2) is 35.7 Å². The largest absolute Gasteiger partial charge is 0.487 e. The Kier molecular flexibility index (Phi) is 5.29. The molecule has 1 aliphatic heterocycles. The van der Waals surface area contributed by atoms with Gasteiger partial charge in [0.25, 0.3) is 5.56 Å². The van der Waals surface area contributed by atoms with Crippen LogP contribution in [0.1, 0.15) is 24.0 Å². The second kappa shape index (κ2) is 7.80. The second-order valence-electron chi connectivity index (χ2n) is 5.97. The van der Waals surface area contributed by atoms with Gasteiger partial charge in [0.2, 0.25) is 0 Å². The van der Waals surface area contributed by atoms with Crippen LogP contribution in [0.15, 0.2) is 47.4 Å². The van der Waals surface area contributed by atoms with E-state index in [1.54, 1.807) is 22.9 Å². The van der Waals surface area contributed by atoms with Gasteiger partial charge in [0.15, 0.2) is 5.75 Å². The Labute approximate surface area is 141 Å². The van der Waals surface area contributed by atoms with Crippen molar-refractivity contribution in [3.8, 4) is 11.8 Å². The summed E-state index contributed by atoms with van der Waals surface area (Å²) in [6, 6.07) is 13.0. The predicted octanol–water partition coefficient (Wildman–Crippen LogP) is 2.24. The number of likely N-dealkylation sites (tertiary alicyclic amines) is 1. The van der Waals surface area contributed by atoms with E-state index in [0.717, 1.165) is 25.2 Å². The molecular formula is C19H21N3O2. The molecule has 1 saturated heterocycles. The third-order valence-electron chi connectivity index (χ3n) is 4.33. The number of aromatic nitrogens is 1. The van der Waals surface area contributed by atoms with E-state index in [1.807, 2.05) is 24.3 Å². The number of ether oxygens (including phenoxy) is 1. The molecule has 0 radical (unpaired) electrons. The van der Waals surface area contributed by atoms with Gasteiger partial charge in [-0.25, -0.2) is 0 Å². The molecule has 1 aromatic heterocycles. The Morgan fingerprint density at radius 2 is 1.92 bits per heavy atom. The van der Waals surface area contributed by atoms with Crippen LogP contribution in [0.4, 0.5) is 0 Å². The summed E-state index contributed by atoms with van der Waals surface area (Å²) in [6.45, 7) is 3.98. The average Bonchev–Trinajstić information content (AvgIpc) is 3.12. The summed E-state index contributed by atoms with van der Waals surface area (Å²) < 4.78 is 7.28. The second-order valence-corrected chi connectivity index (χ2v) is 5.97. The van der Waals surface area contributed by atoms with Gasteiger partial charge in [0.05, 0.1) is 18.2 Å². The number of nitrogens with zero attached hydrogens (tertiary/aromatic N) is 3. The number of hydrogen-bond acceptors (Lipinski definition) is 4. The van der Waals surface area contributed by atoms with Crippen molar-refractivity contribution in [2.75, 3.05) is 26.2 Å². The van der Waals surface area contributed by atoms with Crippen molar-refractivity contribution in [3.63, 3.8) is 0 Å². The summed E-state index contributed by atoms with van der Waals surface area (Å²) in [5.74, 6) is 0.367. The minimum absolute atomic E-state index is 0.160. The SMILES string of the molecule is N#Cc1ccccc1Cn1cccc(OCCN2CCCC2)c1=O. The number of rotatable bonds is 6. The number of hydrogen-bond donors (Lipinski definition) is 0. The zero-order valence-electron chi connectivity index (χ0n) is 13.6. The first-order valence-electron chi connectivity index (χ1n) is 8.30. The molecule has 5 heteroatoms. The summed E-state index contributed by atoms with van der Waals surface area (Å²) in [6.07, 6.45) is 4.22. The molecule has 0 saturated carbocycles. The molecule has 0 amide bonds. The maximum absolute atomic E-state index is 12.5. The lowest BCUT2D eigenvalue weighted by Crippen LogP contribution is -2.27. The summed E-state index contributed by atoms with van der Waals surface area (Å²) in [4.78, 5) is 14.9. The van der Waals surface area contributed by atoms with Gasteiger partial charge in [0.1, 0.15) is 6.61 Å². The molecule has 0 atom stereocenters. The zero-order valence-corrected chi connectivity index (χ0v) is 13.6. The van der Waals surface area contributed by atoms with E-state index in [2.05, 4.69) is 11.0 Å². The topological polar surface area (TPSA) is 58.3 Å². The van der Waals surface area contributed by atoms with Gasteiger partial charge in [-0.1, -0.05) is 18.2 Å². The summed E-state index contributed by atoms with van der Waals surface area (Å²) in [5.41, 5.74) is 1.26. The van der Waals surface area contributed by atoms with Gasteiger partial charge in [-0.3, -0.25) is 9.69 Å². The highest BCUT2D eigenvalue weighted by Gasteiger charge is 2.12. The van der Waals surface area contributed by atoms with Crippen LogP contribution in [0.5, 0.6) is 5.75 Å². The van der Waals surface area contributed by atoms with Gasteiger partial charge in [-0.15, -0.1) is 0 Å². The fourth-order valence-corrected chi connectivity index (χ4v) is 2.99. The summed E-state index contributed by atoms with van der Waals surface area (Å²) in [7, 11) is 0. The van der Waals surface area contributed by atoms with Crippen molar-refractivity contribution in [2.45, 2.75) is 19.4 Å². The van der Waals surface area contributed by atoms with E-state index in [1.165, 1.54) is 12.8 Å². The monoisotopic (exact) mass is 323 g/mol. The van der Waals surface area contributed by atoms with Gasteiger partial charge >= 0.3 is 0 Å². The normalized spacial score (nSPS) is 14.5. The van der Waals surface area contributed by atoms with Crippen molar-refractivity contribution < 1.29 is 4.74 Å². The van der Waals surface area contributed by atoms with Gasteiger partial charge in [0, 0.05) is 12.7 Å². The minimum atomic E-state index is -0.160. The molecule has 0 bridgehead atoms. The number of pyridine rings is 1. The molecular weight excluding hydrogens is 302 g/mol. The van der Waals surface area contributed by atoms with Crippen LogP contribution in [0.2, 0.25) is 0 Å². The molecule has 3 rings (SSSR count). The van der Waals surface area contributed by atoms with E-state index < -0.39 is 0 Å². The van der Waals surface area contributed by atoms with Crippen LogP contribution >= 0.6 is 0 Å². The van der Waals surface area contributed by atoms with Crippen molar-refractivity contribution >= 4 is 0 Å². The van der Waals surface area contributed by atoms with Crippen molar-refractivity contribution in [2.24, 2.45) is 0 Å². The molecule has 1 fully saturated rings. The number of nitriles is 1. The molecule has 2 aromatic rings. The Hall–Kier alpha value is -2.58. The Morgan fingerprint density at radius 3 is 2.71 bits per heavy atom. The van der Waals surface area contributed by atoms with Gasteiger partial charge < -0.3 is 9.30 Å². The van der Waals surface area contributed by atoms with Gasteiger partial charge in [-0.2, -0.15) is 5.26 Å². The average molecular weight is 323 g/mol. The quantitative estimate of drug-likeness (QED) is 0.818. The van der Waals surface area contributed by atoms with Crippen molar-refractivity contribution in [3.05, 3.63) is 64.1 Å². The van der Waals surface area contributed by atoms with Crippen LogP contribution in [0, 0.1) is 11.3 Å². The minimum Gasteiger partial charge on any atom is -0.487 e. The molecule has 0 aliphatic carbocycles. The maximum atomic E-state index is 12.5. The number of benzene rings is 1. The molecule has 2 heterocycles. The van der Waals surface area contributed by atoms with Crippen molar-refractivity contribution in [1.82, 2.24) is 9.47 Å². The fraction of sp³-hybridized carbons (Fsp3) is 0.368. The highest BCUT2D eigenvalue weighted by molar-refractivity contribution is 5.37. The summed E-state index contributed by atoms with van der Waals surface area (Å²) >= 11 is 0. The van der Waals surface area contributed by atoms with Gasteiger partial charge in [-0.05, 0) is 49.7 Å². The molecule has 1 aliphatic rings. The van der Waals surface area contributed by atoms with E-state index in [4.69, 9.17) is 4.74 Å². The first-order valence-corrected chi connectivity index (χ1v) is 8.30. The molecule has 124 valence electrons. The zero-order chi connectivity index (χ0) is 16.8. The first-order chi connectivity index (χ1) is 11.8. The van der Waals surface area contributed by atoms with E-state index >= 15 is 0 Å². The van der Waals surface area contributed by atoms with E-state index in [-0.39, 0.29) is 5.56 Å². The lowest BCUT2D eigenvalue weighted by Gasteiger charge is -2.15. The Balaban J connectivity index is 1.69. The Morgan fingerprint density at radius 1 is 1.12 bits per heavy atom. The lowest BCUT2D eigenvalue weighted by molar-refractivity contribution is 0.235. The highest BCUT2D eigenvalue weighted by atomic mass is 16.5. The molecule has 0 N–H and O–H groups in total.